The zero-order chi connectivity index (χ0) is 16.4. The molecule has 1 aliphatic rings. The number of ether oxygens (including phenoxy) is 1. The number of thiophene rings is 1. The van der Waals surface area contributed by atoms with E-state index in [1.54, 1.807) is 0 Å². The van der Waals surface area contributed by atoms with E-state index in [9.17, 15) is 4.79 Å². The molecule has 1 unspecified atom stereocenters. The smallest absolute Gasteiger partial charge is 0.264 e. The maximum atomic E-state index is 12.7. The van der Waals surface area contributed by atoms with Gasteiger partial charge in [0.2, 0.25) is 0 Å². The number of pyridine rings is 1. The fourth-order valence-corrected chi connectivity index (χ4v) is 3.51. The number of carbonyl (C=O) groups is 1. The second-order valence-electron chi connectivity index (χ2n) is 5.86. The Hall–Kier alpha value is -1.92. The molecule has 3 heterocycles. The third-order valence-corrected chi connectivity index (χ3v) is 4.96. The number of morpholine rings is 1. The van der Waals surface area contributed by atoms with E-state index < -0.39 is 0 Å². The first kappa shape index (κ1) is 16.0. The largest absolute Gasteiger partial charge is 0.368 e. The second-order valence-corrected chi connectivity index (χ2v) is 6.77. The van der Waals surface area contributed by atoms with Crippen LogP contribution in [-0.2, 0) is 4.74 Å². The molecule has 0 spiro atoms. The van der Waals surface area contributed by atoms with Crippen LogP contribution in [-0.4, -0.2) is 49.6 Å². The van der Waals surface area contributed by atoms with Crippen molar-refractivity contribution in [2.24, 2.45) is 0 Å². The molecule has 0 aliphatic carbocycles. The SMILES string of the molecule is Cc1ccsc1C(=O)N1CCOC(c2cccc(N(C)C)n2)C1. The van der Waals surface area contributed by atoms with E-state index in [1.807, 2.05) is 60.5 Å². The van der Waals surface area contributed by atoms with Crippen molar-refractivity contribution < 1.29 is 9.53 Å². The zero-order valence-corrected chi connectivity index (χ0v) is 14.5. The van der Waals surface area contributed by atoms with Crippen molar-refractivity contribution in [2.75, 3.05) is 38.7 Å². The van der Waals surface area contributed by atoms with E-state index in [0.717, 1.165) is 22.0 Å². The molecule has 6 heteroatoms. The van der Waals surface area contributed by atoms with E-state index in [4.69, 9.17) is 4.74 Å². The maximum Gasteiger partial charge on any atom is 0.264 e. The third kappa shape index (κ3) is 3.38. The molecule has 1 amide bonds. The number of amides is 1. The lowest BCUT2D eigenvalue weighted by molar-refractivity contribution is -0.0245. The maximum absolute atomic E-state index is 12.7. The Labute approximate surface area is 140 Å². The Bertz CT molecular complexity index is 699. The van der Waals surface area contributed by atoms with Crippen LogP contribution in [0.3, 0.4) is 0 Å². The normalized spacial score (nSPS) is 18.0. The summed E-state index contributed by atoms with van der Waals surface area (Å²) in [5, 5.41) is 1.96. The molecular weight excluding hydrogens is 310 g/mol. The highest BCUT2D eigenvalue weighted by atomic mass is 32.1. The summed E-state index contributed by atoms with van der Waals surface area (Å²) < 4.78 is 5.86. The van der Waals surface area contributed by atoms with E-state index >= 15 is 0 Å². The molecule has 1 saturated heterocycles. The Morgan fingerprint density at radius 3 is 2.91 bits per heavy atom. The van der Waals surface area contributed by atoms with Crippen molar-refractivity contribution in [1.29, 1.82) is 0 Å². The first-order valence-electron chi connectivity index (χ1n) is 7.65. The van der Waals surface area contributed by atoms with Gasteiger partial charge >= 0.3 is 0 Å². The highest BCUT2D eigenvalue weighted by Crippen LogP contribution is 2.25. The highest BCUT2D eigenvalue weighted by molar-refractivity contribution is 7.12. The summed E-state index contributed by atoms with van der Waals surface area (Å²) in [6.45, 7) is 3.68. The minimum absolute atomic E-state index is 0.0922. The number of hydrogen-bond acceptors (Lipinski definition) is 5. The molecule has 0 bridgehead atoms. The van der Waals surface area contributed by atoms with Crippen molar-refractivity contribution in [3.05, 3.63) is 45.8 Å². The fourth-order valence-electron chi connectivity index (χ4n) is 2.62. The predicted octanol–water partition coefficient (Wildman–Crippen LogP) is 2.73. The molecule has 122 valence electrons. The monoisotopic (exact) mass is 331 g/mol. The van der Waals surface area contributed by atoms with Gasteiger partial charge in [0.15, 0.2) is 0 Å². The van der Waals surface area contributed by atoms with Crippen LogP contribution < -0.4 is 4.90 Å². The molecular formula is C17H21N3O2S. The standard InChI is InChI=1S/C17H21N3O2S/c1-12-7-10-23-16(12)17(21)20-8-9-22-14(11-20)13-5-4-6-15(18-13)19(2)3/h4-7,10,14H,8-9,11H2,1-3H3. The predicted molar refractivity (Wildman–Crippen MR) is 92.2 cm³/mol. The van der Waals surface area contributed by atoms with Crippen molar-refractivity contribution >= 4 is 23.1 Å². The van der Waals surface area contributed by atoms with E-state index in [-0.39, 0.29) is 12.0 Å². The third-order valence-electron chi connectivity index (χ3n) is 3.95. The lowest BCUT2D eigenvalue weighted by Gasteiger charge is -2.32. The van der Waals surface area contributed by atoms with Crippen LogP contribution in [0.4, 0.5) is 5.82 Å². The van der Waals surface area contributed by atoms with Gasteiger partial charge in [-0.05, 0) is 36.1 Å². The number of carbonyl (C=O) groups excluding carboxylic acids is 1. The molecule has 5 nitrogen and oxygen atoms in total. The summed E-state index contributed by atoms with van der Waals surface area (Å²) >= 11 is 1.50. The summed E-state index contributed by atoms with van der Waals surface area (Å²) in [7, 11) is 3.92. The van der Waals surface area contributed by atoms with E-state index in [0.29, 0.717) is 19.7 Å². The molecule has 0 N–H and O–H groups in total. The lowest BCUT2D eigenvalue weighted by Crippen LogP contribution is -2.42. The number of aromatic nitrogens is 1. The highest BCUT2D eigenvalue weighted by Gasteiger charge is 2.28. The van der Waals surface area contributed by atoms with E-state index in [1.165, 1.54) is 11.3 Å². The molecule has 2 aromatic heterocycles. The molecule has 1 fully saturated rings. The Kier molecular flexibility index (Phi) is 4.63. The van der Waals surface area contributed by atoms with E-state index in [2.05, 4.69) is 4.98 Å². The molecule has 0 radical (unpaired) electrons. The first-order chi connectivity index (χ1) is 11.1. The first-order valence-corrected chi connectivity index (χ1v) is 8.53. The van der Waals surface area contributed by atoms with Crippen LogP contribution in [0.15, 0.2) is 29.6 Å². The van der Waals surface area contributed by atoms with Gasteiger partial charge in [0.1, 0.15) is 11.9 Å². The van der Waals surface area contributed by atoms with Gasteiger partial charge in [-0.25, -0.2) is 4.98 Å². The van der Waals surface area contributed by atoms with Crippen molar-refractivity contribution in [1.82, 2.24) is 9.88 Å². The molecule has 0 saturated carbocycles. The minimum atomic E-state index is -0.173. The quantitative estimate of drug-likeness (QED) is 0.867. The number of nitrogens with zero attached hydrogens (tertiary/aromatic N) is 3. The van der Waals surface area contributed by atoms with Crippen molar-refractivity contribution in [2.45, 2.75) is 13.0 Å². The van der Waals surface area contributed by atoms with Crippen LogP contribution in [0, 0.1) is 6.92 Å². The van der Waals surface area contributed by atoms with Crippen molar-refractivity contribution in [3.8, 4) is 0 Å². The van der Waals surface area contributed by atoms with Gasteiger partial charge < -0.3 is 14.5 Å². The Balaban J connectivity index is 1.77. The molecule has 3 rings (SSSR count). The molecule has 0 aromatic carbocycles. The van der Waals surface area contributed by atoms with Gasteiger partial charge in [0, 0.05) is 20.6 Å². The van der Waals surface area contributed by atoms with Crippen LogP contribution in [0.2, 0.25) is 0 Å². The van der Waals surface area contributed by atoms with Gasteiger partial charge in [-0.15, -0.1) is 11.3 Å². The van der Waals surface area contributed by atoms with Crippen molar-refractivity contribution in [3.63, 3.8) is 0 Å². The molecule has 2 aromatic rings. The van der Waals surface area contributed by atoms with Crippen LogP contribution in [0.1, 0.15) is 27.0 Å². The average Bonchev–Trinajstić information content (AvgIpc) is 3.00. The summed E-state index contributed by atoms with van der Waals surface area (Å²) in [4.78, 5) is 22.0. The van der Waals surface area contributed by atoms with Crippen LogP contribution in [0.25, 0.3) is 0 Å². The summed E-state index contributed by atoms with van der Waals surface area (Å²) in [5.74, 6) is 0.984. The molecule has 23 heavy (non-hydrogen) atoms. The van der Waals surface area contributed by atoms with Gasteiger partial charge in [-0.2, -0.15) is 0 Å². The fraction of sp³-hybridized carbons (Fsp3) is 0.412. The second kappa shape index (κ2) is 6.68. The topological polar surface area (TPSA) is 45.7 Å². The van der Waals surface area contributed by atoms with Crippen LogP contribution >= 0.6 is 11.3 Å². The Morgan fingerprint density at radius 1 is 1.39 bits per heavy atom. The van der Waals surface area contributed by atoms with Gasteiger partial charge in [0.25, 0.3) is 5.91 Å². The number of anilines is 1. The lowest BCUT2D eigenvalue weighted by atomic mass is 10.1. The summed E-state index contributed by atoms with van der Waals surface area (Å²) in [5.41, 5.74) is 1.91. The number of rotatable bonds is 3. The summed E-state index contributed by atoms with van der Waals surface area (Å²) in [6.07, 6.45) is -0.173. The van der Waals surface area contributed by atoms with Crippen LogP contribution in [0.5, 0.6) is 0 Å². The van der Waals surface area contributed by atoms with Gasteiger partial charge in [-0.1, -0.05) is 6.07 Å². The number of hydrogen-bond donors (Lipinski definition) is 0. The summed E-state index contributed by atoms with van der Waals surface area (Å²) in [6, 6.07) is 7.88. The zero-order valence-electron chi connectivity index (χ0n) is 13.7. The number of aryl methyl sites for hydroxylation is 1. The van der Waals surface area contributed by atoms with Gasteiger partial charge in [-0.3, -0.25) is 4.79 Å². The molecule has 1 atom stereocenters. The minimum Gasteiger partial charge on any atom is -0.368 e. The Morgan fingerprint density at radius 2 is 2.22 bits per heavy atom. The molecule has 1 aliphatic heterocycles. The van der Waals surface area contributed by atoms with Gasteiger partial charge in [0.05, 0.1) is 23.7 Å². The average molecular weight is 331 g/mol.